The molecule has 4 nitrogen and oxygen atoms in total. The van der Waals surface area contributed by atoms with Crippen molar-refractivity contribution >= 4 is 11.8 Å². The molecule has 1 N–H and O–H groups in total. The molecule has 0 spiro atoms. The first-order valence-corrected chi connectivity index (χ1v) is 7.74. The molecule has 1 saturated heterocycles. The molecule has 2 fully saturated rings. The van der Waals surface area contributed by atoms with E-state index in [1.54, 1.807) is 4.90 Å². The molecule has 4 heteroatoms. The highest BCUT2D eigenvalue weighted by molar-refractivity contribution is 5.95. The van der Waals surface area contributed by atoms with Gasteiger partial charge in [0.15, 0.2) is 0 Å². The first kappa shape index (κ1) is 14.1. The van der Waals surface area contributed by atoms with Gasteiger partial charge in [-0.25, -0.2) is 0 Å². The van der Waals surface area contributed by atoms with Crippen LogP contribution in [0.25, 0.3) is 0 Å². The van der Waals surface area contributed by atoms with Crippen molar-refractivity contribution in [2.24, 2.45) is 5.41 Å². The standard InChI is InChI=1S/C17H22N2O2/c1-2-17(8-9-17)12-19-11-15(20)18-14(16(19)21)10-13-6-4-3-5-7-13/h3-7,14H,2,8-12H2,1H3,(H,18,20). The predicted molar refractivity (Wildman–Crippen MR) is 80.6 cm³/mol. The van der Waals surface area contributed by atoms with Crippen LogP contribution in [0.3, 0.4) is 0 Å². The Bertz CT molecular complexity index is 537. The number of hydrogen-bond donors (Lipinski definition) is 1. The second-order valence-electron chi connectivity index (χ2n) is 6.36. The monoisotopic (exact) mass is 286 g/mol. The molecule has 1 unspecified atom stereocenters. The number of carbonyl (C=O) groups excluding carboxylic acids is 2. The Hall–Kier alpha value is -1.84. The summed E-state index contributed by atoms with van der Waals surface area (Å²) in [5.41, 5.74) is 1.36. The van der Waals surface area contributed by atoms with Crippen LogP contribution >= 0.6 is 0 Å². The van der Waals surface area contributed by atoms with Crippen molar-refractivity contribution in [2.45, 2.75) is 38.6 Å². The summed E-state index contributed by atoms with van der Waals surface area (Å²) < 4.78 is 0. The van der Waals surface area contributed by atoms with E-state index < -0.39 is 6.04 Å². The summed E-state index contributed by atoms with van der Waals surface area (Å²) >= 11 is 0. The smallest absolute Gasteiger partial charge is 0.245 e. The second-order valence-corrected chi connectivity index (χ2v) is 6.36. The van der Waals surface area contributed by atoms with Gasteiger partial charge in [-0.1, -0.05) is 37.3 Å². The number of piperazine rings is 1. The zero-order valence-electron chi connectivity index (χ0n) is 12.5. The second kappa shape index (κ2) is 5.51. The van der Waals surface area contributed by atoms with Crippen LogP contribution in [0.2, 0.25) is 0 Å². The molecular weight excluding hydrogens is 264 g/mol. The van der Waals surface area contributed by atoms with Crippen molar-refractivity contribution in [1.82, 2.24) is 10.2 Å². The van der Waals surface area contributed by atoms with E-state index in [4.69, 9.17) is 0 Å². The third-order valence-electron chi connectivity index (χ3n) is 4.80. The van der Waals surface area contributed by atoms with Crippen molar-refractivity contribution in [1.29, 1.82) is 0 Å². The summed E-state index contributed by atoms with van der Waals surface area (Å²) in [5, 5.41) is 2.84. The number of amides is 2. The van der Waals surface area contributed by atoms with Gasteiger partial charge in [-0.2, -0.15) is 0 Å². The van der Waals surface area contributed by atoms with Crippen LogP contribution in [0.5, 0.6) is 0 Å². The molecular formula is C17H22N2O2. The summed E-state index contributed by atoms with van der Waals surface area (Å²) in [6.07, 6.45) is 4.01. The number of hydrogen-bond acceptors (Lipinski definition) is 2. The fraction of sp³-hybridized carbons (Fsp3) is 0.529. The maximum Gasteiger partial charge on any atom is 0.245 e. The minimum absolute atomic E-state index is 0.0394. The van der Waals surface area contributed by atoms with Gasteiger partial charge < -0.3 is 10.2 Å². The van der Waals surface area contributed by atoms with Crippen LogP contribution in [0.1, 0.15) is 31.7 Å². The highest BCUT2D eigenvalue weighted by Crippen LogP contribution is 2.49. The minimum Gasteiger partial charge on any atom is -0.342 e. The zero-order valence-corrected chi connectivity index (χ0v) is 12.5. The van der Waals surface area contributed by atoms with Crippen LogP contribution in [0.15, 0.2) is 30.3 Å². The van der Waals surface area contributed by atoms with Gasteiger partial charge in [0.05, 0.1) is 6.54 Å². The molecule has 1 saturated carbocycles. The first-order chi connectivity index (χ1) is 10.1. The Labute approximate surface area is 125 Å². The van der Waals surface area contributed by atoms with Crippen LogP contribution in [0, 0.1) is 5.41 Å². The third kappa shape index (κ3) is 3.09. The Morgan fingerprint density at radius 2 is 1.95 bits per heavy atom. The van der Waals surface area contributed by atoms with Gasteiger partial charge in [-0.15, -0.1) is 0 Å². The summed E-state index contributed by atoms with van der Waals surface area (Å²) in [7, 11) is 0. The lowest BCUT2D eigenvalue weighted by Crippen LogP contribution is -2.59. The predicted octanol–water partition coefficient (Wildman–Crippen LogP) is 1.75. The lowest BCUT2D eigenvalue weighted by atomic mass is 9.99. The fourth-order valence-corrected chi connectivity index (χ4v) is 3.10. The Balaban J connectivity index is 1.69. The number of rotatable bonds is 5. The topological polar surface area (TPSA) is 49.4 Å². The van der Waals surface area contributed by atoms with Gasteiger partial charge in [-0.05, 0) is 30.2 Å². The maximum atomic E-state index is 12.6. The highest BCUT2D eigenvalue weighted by Gasteiger charge is 2.45. The van der Waals surface area contributed by atoms with E-state index in [-0.39, 0.29) is 23.8 Å². The van der Waals surface area contributed by atoms with Crippen LogP contribution < -0.4 is 5.32 Å². The SMILES string of the molecule is CCC1(CN2CC(=O)NC(Cc3ccccc3)C2=O)CC1. The van der Waals surface area contributed by atoms with Crippen molar-refractivity contribution in [3.8, 4) is 0 Å². The van der Waals surface area contributed by atoms with E-state index in [1.165, 1.54) is 12.8 Å². The minimum atomic E-state index is -0.415. The molecule has 3 rings (SSSR count). The Morgan fingerprint density at radius 3 is 2.57 bits per heavy atom. The molecule has 1 aromatic carbocycles. The number of benzene rings is 1. The molecule has 21 heavy (non-hydrogen) atoms. The molecule has 2 aliphatic rings. The summed E-state index contributed by atoms with van der Waals surface area (Å²) in [6.45, 7) is 3.12. The van der Waals surface area contributed by atoms with Gasteiger partial charge in [0.1, 0.15) is 6.04 Å². The fourth-order valence-electron chi connectivity index (χ4n) is 3.10. The molecule has 0 aromatic heterocycles. The van der Waals surface area contributed by atoms with Gasteiger partial charge in [0.25, 0.3) is 0 Å². The molecule has 1 aliphatic carbocycles. The quantitative estimate of drug-likeness (QED) is 0.896. The Morgan fingerprint density at radius 1 is 1.24 bits per heavy atom. The summed E-state index contributed by atoms with van der Waals surface area (Å²) in [5.74, 6) is 0.0283. The Kier molecular flexibility index (Phi) is 3.70. The van der Waals surface area contributed by atoms with E-state index in [1.807, 2.05) is 30.3 Å². The highest BCUT2D eigenvalue weighted by atomic mass is 16.2. The lowest BCUT2D eigenvalue weighted by molar-refractivity contribution is -0.145. The van der Waals surface area contributed by atoms with Gasteiger partial charge in [0, 0.05) is 13.0 Å². The molecule has 0 radical (unpaired) electrons. The van der Waals surface area contributed by atoms with Crippen LogP contribution in [-0.4, -0.2) is 35.8 Å². The van der Waals surface area contributed by atoms with E-state index in [9.17, 15) is 9.59 Å². The number of nitrogens with zero attached hydrogens (tertiary/aromatic N) is 1. The van der Waals surface area contributed by atoms with Crippen molar-refractivity contribution in [3.05, 3.63) is 35.9 Å². The molecule has 1 aromatic rings. The van der Waals surface area contributed by atoms with Crippen LogP contribution in [0.4, 0.5) is 0 Å². The van der Waals surface area contributed by atoms with E-state index >= 15 is 0 Å². The third-order valence-corrected chi connectivity index (χ3v) is 4.80. The average Bonchev–Trinajstić information content (AvgIpc) is 3.25. The molecule has 0 bridgehead atoms. The molecule has 112 valence electrons. The van der Waals surface area contributed by atoms with Gasteiger partial charge in [-0.3, -0.25) is 9.59 Å². The van der Waals surface area contributed by atoms with Crippen molar-refractivity contribution in [2.75, 3.05) is 13.1 Å². The van der Waals surface area contributed by atoms with E-state index in [0.717, 1.165) is 18.5 Å². The van der Waals surface area contributed by atoms with Crippen LogP contribution in [-0.2, 0) is 16.0 Å². The molecule has 1 heterocycles. The van der Waals surface area contributed by atoms with Crippen molar-refractivity contribution < 1.29 is 9.59 Å². The summed E-state index contributed by atoms with van der Waals surface area (Å²) in [6, 6.07) is 9.44. The van der Waals surface area contributed by atoms with E-state index in [0.29, 0.717) is 6.42 Å². The zero-order chi connectivity index (χ0) is 14.9. The first-order valence-electron chi connectivity index (χ1n) is 7.74. The van der Waals surface area contributed by atoms with Crippen molar-refractivity contribution in [3.63, 3.8) is 0 Å². The molecule has 2 amide bonds. The molecule has 1 atom stereocenters. The number of carbonyl (C=O) groups is 2. The largest absolute Gasteiger partial charge is 0.342 e. The lowest BCUT2D eigenvalue weighted by Gasteiger charge is -2.34. The summed E-state index contributed by atoms with van der Waals surface area (Å²) in [4.78, 5) is 26.3. The molecule has 1 aliphatic heterocycles. The maximum absolute atomic E-state index is 12.6. The average molecular weight is 286 g/mol. The van der Waals surface area contributed by atoms with Gasteiger partial charge >= 0.3 is 0 Å². The normalized spacial score (nSPS) is 23.9. The number of nitrogens with one attached hydrogen (secondary N) is 1. The van der Waals surface area contributed by atoms with E-state index in [2.05, 4.69) is 12.2 Å². The van der Waals surface area contributed by atoms with Gasteiger partial charge in [0.2, 0.25) is 11.8 Å².